The lowest BCUT2D eigenvalue weighted by atomic mass is 9.88. The number of amides is 1. The van der Waals surface area contributed by atoms with E-state index in [2.05, 4.69) is 46.5 Å². The van der Waals surface area contributed by atoms with Gasteiger partial charge in [-0.15, -0.1) is 0 Å². The Bertz CT molecular complexity index is 1240. The molecule has 1 amide bonds. The second-order valence-corrected chi connectivity index (χ2v) is 8.23. The number of anilines is 1. The number of rotatable bonds is 7. The molecule has 0 saturated heterocycles. The van der Waals surface area contributed by atoms with Gasteiger partial charge in [-0.05, 0) is 73.1 Å². The number of aromatic nitrogens is 1. The number of carbonyl (C=O) groups excluding carboxylic acids is 1. The molecule has 35 heavy (non-hydrogen) atoms. The lowest BCUT2D eigenvalue weighted by Gasteiger charge is -2.25. The van der Waals surface area contributed by atoms with Crippen molar-refractivity contribution in [2.75, 3.05) is 12.4 Å². The number of pyridine rings is 1. The Balaban J connectivity index is 0.00000167. The third kappa shape index (κ3) is 6.60. The van der Waals surface area contributed by atoms with E-state index in [0.717, 1.165) is 41.5 Å². The summed E-state index contributed by atoms with van der Waals surface area (Å²) in [5.74, 6) is 1.42. The smallest absolute Gasteiger partial charge is 0.247 e. The predicted molar refractivity (Wildman–Crippen MR) is 146 cm³/mol. The molecule has 4 rings (SSSR count). The first-order valence-corrected chi connectivity index (χ1v) is 12.2. The van der Waals surface area contributed by atoms with Crippen molar-refractivity contribution in [3.05, 3.63) is 102 Å². The van der Waals surface area contributed by atoms with Gasteiger partial charge in [0.05, 0.1) is 7.11 Å². The number of carbonyl (C=O) groups is 1. The summed E-state index contributed by atoms with van der Waals surface area (Å²) < 4.78 is 5.35. The molecule has 5 heteroatoms. The highest BCUT2D eigenvalue weighted by atomic mass is 16.5. The van der Waals surface area contributed by atoms with E-state index in [1.807, 2.05) is 57.2 Å². The number of benzene rings is 2. The van der Waals surface area contributed by atoms with Crippen molar-refractivity contribution >= 4 is 22.5 Å². The first-order chi connectivity index (χ1) is 17.1. The molecule has 1 aliphatic rings. The average molecular weight is 470 g/mol. The predicted octanol–water partition coefficient (Wildman–Crippen LogP) is 6.37. The summed E-state index contributed by atoms with van der Waals surface area (Å²) in [7, 11) is 1.64. The summed E-state index contributed by atoms with van der Waals surface area (Å²) in [6.45, 7) is 9.72. The fourth-order valence-electron chi connectivity index (χ4n) is 4.08. The van der Waals surface area contributed by atoms with Crippen molar-refractivity contribution in [3.8, 4) is 5.75 Å². The van der Waals surface area contributed by atoms with Crippen LogP contribution in [-0.2, 0) is 17.6 Å². The van der Waals surface area contributed by atoms with Crippen molar-refractivity contribution in [1.82, 2.24) is 10.3 Å². The molecule has 2 aromatic carbocycles. The van der Waals surface area contributed by atoms with Crippen LogP contribution in [0.15, 0.2) is 90.8 Å². The molecule has 1 heterocycles. The molecule has 2 N–H and O–H groups in total. The highest BCUT2D eigenvalue weighted by Gasteiger charge is 2.20. The number of hydrogen-bond acceptors (Lipinski definition) is 4. The Morgan fingerprint density at radius 2 is 1.89 bits per heavy atom. The van der Waals surface area contributed by atoms with Crippen LogP contribution in [0.25, 0.3) is 10.8 Å². The maximum absolute atomic E-state index is 12.7. The van der Waals surface area contributed by atoms with Crippen LogP contribution >= 0.6 is 0 Å². The van der Waals surface area contributed by atoms with Crippen molar-refractivity contribution in [2.24, 2.45) is 0 Å². The molecule has 1 atom stereocenters. The molecule has 0 bridgehead atoms. The van der Waals surface area contributed by atoms with Gasteiger partial charge in [0.1, 0.15) is 11.6 Å². The molecule has 0 fully saturated rings. The molecule has 182 valence electrons. The monoisotopic (exact) mass is 469 g/mol. The fourth-order valence-corrected chi connectivity index (χ4v) is 4.08. The van der Waals surface area contributed by atoms with Crippen LogP contribution in [0.4, 0.5) is 5.82 Å². The van der Waals surface area contributed by atoms with Crippen molar-refractivity contribution < 1.29 is 9.53 Å². The molecule has 1 aliphatic carbocycles. The van der Waals surface area contributed by atoms with Gasteiger partial charge in [0.15, 0.2) is 0 Å². The zero-order chi connectivity index (χ0) is 25.2. The van der Waals surface area contributed by atoms with Crippen LogP contribution in [0.3, 0.4) is 0 Å². The second-order valence-electron chi connectivity index (χ2n) is 8.23. The van der Waals surface area contributed by atoms with E-state index in [0.29, 0.717) is 11.4 Å². The summed E-state index contributed by atoms with van der Waals surface area (Å²) >= 11 is 0. The minimum atomic E-state index is -0.0490. The number of hydrogen-bond donors (Lipinski definition) is 2. The molecule has 0 saturated carbocycles. The van der Waals surface area contributed by atoms with Gasteiger partial charge in [0, 0.05) is 28.9 Å². The van der Waals surface area contributed by atoms with E-state index in [4.69, 9.17) is 4.74 Å². The lowest BCUT2D eigenvalue weighted by molar-refractivity contribution is -0.118. The minimum Gasteiger partial charge on any atom is -0.497 e. The number of methoxy groups -OCH3 is 1. The Hall–Kier alpha value is -3.86. The summed E-state index contributed by atoms with van der Waals surface area (Å²) in [5, 5.41) is 8.49. The van der Waals surface area contributed by atoms with Crippen LogP contribution in [-0.4, -0.2) is 24.0 Å². The number of allylic oxidation sites excluding steroid dienone is 3. The maximum Gasteiger partial charge on any atom is 0.247 e. The third-order valence-electron chi connectivity index (χ3n) is 6.01. The average Bonchev–Trinajstić information content (AvgIpc) is 2.91. The molecule has 1 aromatic heterocycles. The van der Waals surface area contributed by atoms with Crippen molar-refractivity contribution in [3.63, 3.8) is 0 Å². The minimum absolute atomic E-state index is 0.0490. The van der Waals surface area contributed by atoms with Gasteiger partial charge in [-0.1, -0.05) is 56.8 Å². The van der Waals surface area contributed by atoms with E-state index < -0.39 is 0 Å². The largest absolute Gasteiger partial charge is 0.497 e. The number of fused-ring (bicyclic) bond motifs is 2. The number of nitrogens with one attached hydrogen (secondary N) is 2. The third-order valence-corrected chi connectivity index (χ3v) is 6.01. The van der Waals surface area contributed by atoms with Crippen molar-refractivity contribution in [2.45, 2.75) is 46.1 Å². The molecule has 1 unspecified atom stereocenters. The topological polar surface area (TPSA) is 63.2 Å². The molecule has 3 aromatic rings. The van der Waals surface area contributed by atoms with Crippen LogP contribution < -0.4 is 15.4 Å². The Morgan fingerprint density at radius 1 is 1.11 bits per heavy atom. The number of aryl methyl sites for hydroxylation is 1. The summed E-state index contributed by atoms with van der Waals surface area (Å²) in [4.78, 5) is 17.2. The zero-order valence-corrected chi connectivity index (χ0v) is 21.1. The standard InChI is InChI=1S/C28H29N3O2.C2H6/c1-4-23(30-27-26-18-25(33-3)14-11-21(26)15-16-29-27)12-9-19(2)28(32)31-24-13-10-20-7-5-6-8-22(20)17-24;1-2/h4-9,11-12,14-16,18,24H,1,10,13,17H2,2-3H3,(H,29,30)(H,31,32);1-2H3/b19-9+,23-12+;. The zero-order valence-electron chi connectivity index (χ0n) is 21.1. The Kier molecular flexibility index (Phi) is 9.24. The van der Waals surface area contributed by atoms with Gasteiger partial charge >= 0.3 is 0 Å². The summed E-state index contributed by atoms with van der Waals surface area (Å²) in [6, 6.07) is 16.4. The van der Waals surface area contributed by atoms with E-state index >= 15 is 0 Å². The molecule has 5 nitrogen and oxygen atoms in total. The molecule has 0 radical (unpaired) electrons. The van der Waals surface area contributed by atoms with E-state index in [-0.39, 0.29) is 11.9 Å². The van der Waals surface area contributed by atoms with E-state index in [1.54, 1.807) is 19.4 Å². The van der Waals surface area contributed by atoms with E-state index in [1.165, 1.54) is 11.1 Å². The fraction of sp³-hybridized carbons (Fsp3) is 0.267. The number of nitrogens with zero attached hydrogens (tertiary/aromatic N) is 1. The SMILES string of the molecule is C=C/C(=C\C=C(/C)C(=O)NC1CCc2ccccc2C1)Nc1nccc2ccc(OC)cc12.CC. The molecular weight excluding hydrogens is 434 g/mol. The van der Waals surface area contributed by atoms with Gasteiger partial charge in [-0.3, -0.25) is 4.79 Å². The van der Waals surface area contributed by atoms with Crippen molar-refractivity contribution in [1.29, 1.82) is 0 Å². The van der Waals surface area contributed by atoms with E-state index in [9.17, 15) is 4.79 Å². The van der Waals surface area contributed by atoms with Gasteiger partial charge in [0.25, 0.3) is 0 Å². The van der Waals surface area contributed by atoms with Gasteiger partial charge in [-0.25, -0.2) is 4.98 Å². The first-order valence-electron chi connectivity index (χ1n) is 12.2. The van der Waals surface area contributed by atoms with Gasteiger partial charge in [-0.2, -0.15) is 0 Å². The highest BCUT2D eigenvalue weighted by Crippen LogP contribution is 2.26. The first kappa shape index (κ1) is 25.8. The lowest BCUT2D eigenvalue weighted by Crippen LogP contribution is -2.39. The van der Waals surface area contributed by atoms with Crippen LogP contribution in [0.1, 0.15) is 38.3 Å². The quantitative estimate of drug-likeness (QED) is 0.312. The van der Waals surface area contributed by atoms with Gasteiger partial charge in [0.2, 0.25) is 5.91 Å². The Morgan fingerprint density at radius 3 is 2.63 bits per heavy atom. The normalized spacial score (nSPS) is 15.4. The summed E-state index contributed by atoms with van der Waals surface area (Å²) in [6.07, 6.45) is 9.95. The molecular formula is C30H35N3O2. The van der Waals surface area contributed by atoms with Gasteiger partial charge < -0.3 is 15.4 Å². The number of ether oxygens (including phenoxy) is 1. The molecule has 0 aliphatic heterocycles. The van der Waals surface area contributed by atoms with Crippen LogP contribution in [0.2, 0.25) is 0 Å². The second kappa shape index (κ2) is 12.6. The highest BCUT2D eigenvalue weighted by molar-refractivity contribution is 5.94. The molecule has 0 spiro atoms. The van der Waals surface area contributed by atoms with Crippen LogP contribution in [0.5, 0.6) is 5.75 Å². The summed E-state index contributed by atoms with van der Waals surface area (Å²) in [5.41, 5.74) is 4.10. The van der Waals surface area contributed by atoms with Crippen LogP contribution in [0, 0.1) is 0 Å². The Labute approximate surface area is 208 Å². The maximum atomic E-state index is 12.7.